The highest BCUT2D eigenvalue weighted by atomic mass is 35.5. The second-order valence-corrected chi connectivity index (χ2v) is 4.91. The molecule has 0 unspecified atom stereocenters. The van der Waals surface area contributed by atoms with Gasteiger partial charge in [-0.1, -0.05) is 23.7 Å². The van der Waals surface area contributed by atoms with E-state index in [4.69, 9.17) is 16.1 Å². The Morgan fingerprint density at radius 1 is 1.35 bits per heavy atom. The molecule has 0 saturated heterocycles. The minimum absolute atomic E-state index is 0.0589. The van der Waals surface area contributed by atoms with E-state index in [-0.39, 0.29) is 5.56 Å². The van der Waals surface area contributed by atoms with Gasteiger partial charge in [0.05, 0.1) is 5.69 Å². The smallest absolute Gasteiger partial charge is 0.351 e. The quantitative estimate of drug-likeness (QED) is 0.937. The van der Waals surface area contributed by atoms with Gasteiger partial charge in [-0.25, -0.2) is 9.53 Å². The van der Waals surface area contributed by atoms with Crippen LogP contribution >= 0.6 is 11.6 Å². The number of hydrogen-bond donors (Lipinski definition) is 1. The maximum Gasteiger partial charge on any atom is 0.370 e. The number of carbonyl (C=O) groups is 1. The topological polar surface area (TPSA) is 64.2 Å². The van der Waals surface area contributed by atoms with Crippen LogP contribution in [-0.4, -0.2) is 17.2 Å². The second kappa shape index (κ2) is 5.96. The normalized spacial score (nSPS) is 10.6. The van der Waals surface area contributed by atoms with Crippen LogP contribution in [0, 0.1) is 6.92 Å². The van der Waals surface area contributed by atoms with E-state index in [0.29, 0.717) is 23.7 Å². The van der Waals surface area contributed by atoms with Crippen LogP contribution in [0.15, 0.2) is 33.6 Å². The van der Waals surface area contributed by atoms with Crippen molar-refractivity contribution in [2.24, 2.45) is 7.05 Å². The van der Waals surface area contributed by atoms with Gasteiger partial charge in [0.25, 0.3) is 5.91 Å². The summed E-state index contributed by atoms with van der Waals surface area (Å²) < 4.78 is 6.12. The molecule has 0 bridgehead atoms. The van der Waals surface area contributed by atoms with E-state index in [1.807, 2.05) is 12.1 Å². The molecule has 0 fully saturated rings. The van der Waals surface area contributed by atoms with Crippen molar-refractivity contribution in [3.8, 4) is 0 Å². The van der Waals surface area contributed by atoms with Gasteiger partial charge >= 0.3 is 5.63 Å². The van der Waals surface area contributed by atoms with E-state index in [1.54, 1.807) is 26.1 Å². The Morgan fingerprint density at radius 3 is 2.55 bits per heavy atom. The number of aromatic nitrogens is 1. The molecule has 0 aliphatic rings. The van der Waals surface area contributed by atoms with Crippen LogP contribution in [0.1, 0.15) is 21.6 Å². The largest absolute Gasteiger partial charge is 0.370 e. The molecule has 0 aliphatic carbocycles. The lowest BCUT2D eigenvalue weighted by atomic mass is 10.1. The third kappa shape index (κ3) is 3.11. The fourth-order valence-corrected chi connectivity index (χ4v) is 1.99. The van der Waals surface area contributed by atoms with Crippen LogP contribution in [0.5, 0.6) is 0 Å². The van der Waals surface area contributed by atoms with Crippen LogP contribution in [0.4, 0.5) is 0 Å². The summed E-state index contributed by atoms with van der Waals surface area (Å²) in [4.78, 5) is 23.4. The summed E-state index contributed by atoms with van der Waals surface area (Å²) in [6.07, 6.45) is 0.667. The van der Waals surface area contributed by atoms with Gasteiger partial charge in [0, 0.05) is 18.6 Å². The summed E-state index contributed by atoms with van der Waals surface area (Å²) in [5, 5.41) is 3.39. The van der Waals surface area contributed by atoms with Crippen LogP contribution in [0.25, 0.3) is 0 Å². The molecule has 5 nitrogen and oxygen atoms in total. The van der Waals surface area contributed by atoms with E-state index in [9.17, 15) is 9.59 Å². The minimum Gasteiger partial charge on any atom is -0.351 e. The van der Waals surface area contributed by atoms with Crippen LogP contribution in [-0.2, 0) is 13.5 Å². The number of carbonyl (C=O) groups excluding carboxylic acids is 1. The van der Waals surface area contributed by atoms with E-state index in [2.05, 4.69) is 5.32 Å². The Morgan fingerprint density at radius 2 is 2.00 bits per heavy atom. The lowest BCUT2D eigenvalue weighted by Gasteiger charge is -2.04. The molecule has 0 aliphatic heterocycles. The standard InChI is InChI=1S/C14H15ClN2O3/c1-9-12(14(19)20-17(9)2)13(18)16-8-7-10-3-5-11(15)6-4-10/h3-6H,7-8H2,1-2H3,(H,16,18). The van der Waals surface area contributed by atoms with E-state index in [0.717, 1.165) is 5.56 Å². The fourth-order valence-electron chi connectivity index (χ4n) is 1.86. The third-order valence-electron chi connectivity index (χ3n) is 3.10. The maximum atomic E-state index is 11.9. The molecule has 0 radical (unpaired) electrons. The number of aryl methyl sites for hydroxylation is 1. The highest BCUT2D eigenvalue weighted by Crippen LogP contribution is 2.09. The number of benzene rings is 1. The first kappa shape index (κ1) is 14.4. The zero-order chi connectivity index (χ0) is 14.7. The average molecular weight is 295 g/mol. The molecule has 106 valence electrons. The molecule has 2 aromatic rings. The van der Waals surface area contributed by atoms with Crippen LogP contribution < -0.4 is 10.9 Å². The summed E-state index contributed by atoms with van der Waals surface area (Å²) in [5.74, 6) is -0.411. The van der Waals surface area contributed by atoms with E-state index < -0.39 is 11.5 Å². The lowest BCUT2D eigenvalue weighted by Crippen LogP contribution is -2.29. The van der Waals surface area contributed by atoms with Crippen molar-refractivity contribution in [1.29, 1.82) is 0 Å². The van der Waals surface area contributed by atoms with Crippen molar-refractivity contribution in [1.82, 2.24) is 10.1 Å². The summed E-state index contributed by atoms with van der Waals surface area (Å²) in [5.41, 5.74) is 1.02. The number of halogens is 1. The highest BCUT2D eigenvalue weighted by Gasteiger charge is 2.18. The van der Waals surface area contributed by atoms with Crippen molar-refractivity contribution in [3.05, 3.63) is 56.5 Å². The molecule has 0 atom stereocenters. The summed E-state index contributed by atoms with van der Waals surface area (Å²) in [6, 6.07) is 7.40. The summed E-state index contributed by atoms with van der Waals surface area (Å²) in [6.45, 7) is 2.10. The van der Waals surface area contributed by atoms with Gasteiger partial charge in [0.15, 0.2) is 0 Å². The Kier molecular flexibility index (Phi) is 4.29. The van der Waals surface area contributed by atoms with Gasteiger partial charge in [-0.2, -0.15) is 0 Å². The maximum absolute atomic E-state index is 11.9. The average Bonchev–Trinajstić information content (AvgIpc) is 2.65. The molecular formula is C14H15ClN2O3. The Balaban J connectivity index is 1.96. The van der Waals surface area contributed by atoms with Crippen molar-refractivity contribution >= 4 is 17.5 Å². The molecule has 1 aromatic heterocycles. The Bertz CT molecular complexity index is 671. The molecular weight excluding hydrogens is 280 g/mol. The van der Waals surface area contributed by atoms with Gasteiger partial charge in [-0.05, 0) is 31.0 Å². The van der Waals surface area contributed by atoms with Gasteiger partial charge in [0.2, 0.25) is 0 Å². The minimum atomic E-state index is -0.617. The molecule has 1 heterocycles. The number of nitrogens with one attached hydrogen (secondary N) is 1. The molecule has 2 rings (SSSR count). The number of hydrogen-bond acceptors (Lipinski definition) is 3. The third-order valence-corrected chi connectivity index (χ3v) is 3.35. The number of rotatable bonds is 4. The zero-order valence-electron chi connectivity index (χ0n) is 11.3. The Hall–Kier alpha value is -2.01. The Labute approximate surface area is 121 Å². The van der Waals surface area contributed by atoms with Crippen molar-refractivity contribution < 1.29 is 9.32 Å². The van der Waals surface area contributed by atoms with Gasteiger partial charge in [0.1, 0.15) is 5.56 Å². The van der Waals surface area contributed by atoms with Crippen molar-refractivity contribution in [2.45, 2.75) is 13.3 Å². The first-order valence-corrected chi connectivity index (χ1v) is 6.56. The van der Waals surface area contributed by atoms with Crippen LogP contribution in [0.3, 0.4) is 0 Å². The SMILES string of the molecule is Cc1c(C(=O)NCCc2ccc(Cl)cc2)c(=O)on1C. The summed E-state index contributed by atoms with van der Waals surface area (Å²) in [7, 11) is 1.58. The predicted molar refractivity (Wildman–Crippen MR) is 76.2 cm³/mol. The molecule has 0 saturated carbocycles. The van der Waals surface area contributed by atoms with Gasteiger partial charge in [-0.15, -0.1) is 0 Å². The number of nitrogens with zero attached hydrogens (tertiary/aromatic N) is 1. The summed E-state index contributed by atoms with van der Waals surface area (Å²) >= 11 is 5.80. The first-order valence-electron chi connectivity index (χ1n) is 6.18. The first-order chi connectivity index (χ1) is 9.49. The van der Waals surface area contributed by atoms with Crippen LogP contribution in [0.2, 0.25) is 5.02 Å². The fraction of sp³-hybridized carbons (Fsp3) is 0.286. The molecule has 20 heavy (non-hydrogen) atoms. The lowest BCUT2D eigenvalue weighted by molar-refractivity contribution is 0.0951. The van der Waals surface area contributed by atoms with Gasteiger partial charge in [-0.3, -0.25) is 4.79 Å². The number of amides is 1. The molecule has 1 amide bonds. The van der Waals surface area contributed by atoms with Crippen molar-refractivity contribution in [2.75, 3.05) is 6.54 Å². The highest BCUT2D eigenvalue weighted by molar-refractivity contribution is 6.30. The van der Waals surface area contributed by atoms with E-state index >= 15 is 0 Å². The van der Waals surface area contributed by atoms with E-state index in [1.165, 1.54) is 4.74 Å². The predicted octanol–water partition coefficient (Wildman–Crippen LogP) is 1.91. The molecule has 0 spiro atoms. The van der Waals surface area contributed by atoms with Gasteiger partial charge < -0.3 is 9.84 Å². The molecule has 6 heteroatoms. The second-order valence-electron chi connectivity index (χ2n) is 4.47. The monoisotopic (exact) mass is 294 g/mol. The molecule has 1 aromatic carbocycles. The zero-order valence-corrected chi connectivity index (χ0v) is 12.0. The molecule has 1 N–H and O–H groups in total. The van der Waals surface area contributed by atoms with Crippen molar-refractivity contribution in [3.63, 3.8) is 0 Å².